The zero-order chi connectivity index (χ0) is 14.3. The van der Waals surface area contributed by atoms with Gasteiger partial charge in [-0.15, -0.1) is 0 Å². The van der Waals surface area contributed by atoms with Crippen LogP contribution in [0.1, 0.15) is 5.56 Å². The fourth-order valence-corrected chi connectivity index (χ4v) is 2.50. The van der Waals surface area contributed by atoms with Crippen molar-refractivity contribution in [2.24, 2.45) is 0 Å². The summed E-state index contributed by atoms with van der Waals surface area (Å²) in [6.45, 7) is 2.01. The molecule has 0 bridgehead atoms. The Morgan fingerprint density at radius 1 is 1.25 bits per heavy atom. The molecule has 1 aromatic heterocycles. The molecule has 3 aromatic rings. The first-order valence-corrected chi connectivity index (χ1v) is 6.57. The molecule has 0 spiro atoms. The van der Waals surface area contributed by atoms with Crippen molar-refractivity contribution in [1.29, 1.82) is 0 Å². The Morgan fingerprint density at radius 2 is 2.05 bits per heavy atom. The Bertz CT molecular complexity index is 795. The Labute approximate surface area is 121 Å². The number of hydrogen-bond donors (Lipinski definition) is 1. The number of benzene rings is 2. The van der Waals surface area contributed by atoms with Gasteiger partial charge in [-0.05, 0) is 36.8 Å². The molecule has 0 radical (unpaired) electrons. The number of aromatic nitrogens is 2. The molecule has 0 atom stereocenters. The number of imidazole rings is 1. The van der Waals surface area contributed by atoms with Crippen molar-refractivity contribution >= 4 is 28.6 Å². The minimum Gasteiger partial charge on any atom is -0.494 e. The lowest BCUT2D eigenvalue weighted by atomic mass is 10.2. The molecule has 4 nitrogen and oxygen atoms in total. The third kappa shape index (κ3) is 1.89. The Balaban J connectivity index is 2.37. The highest BCUT2D eigenvalue weighted by Gasteiger charge is 2.14. The number of nitrogen functional groups attached to an aromatic ring is 1. The number of hydrogen-bond acceptors (Lipinski definition) is 3. The summed E-state index contributed by atoms with van der Waals surface area (Å²) in [4.78, 5) is 4.40. The molecule has 1 heterocycles. The van der Waals surface area contributed by atoms with Crippen LogP contribution in [0.15, 0.2) is 36.4 Å². The van der Waals surface area contributed by atoms with Crippen LogP contribution in [0.5, 0.6) is 5.75 Å². The van der Waals surface area contributed by atoms with E-state index in [1.54, 1.807) is 7.11 Å². The third-order valence-corrected chi connectivity index (χ3v) is 3.54. The average Bonchev–Trinajstić information content (AvgIpc) is 2.77. The lowest BCUT2D eigenvalue weighted by Crippen LogP contribution is -2.02. The number of aryl methyl sites for hydroxylation is 1. The van der Waals surface area contributed by atoms with E-state index in [0.717, 1.165) is 22.3 Å². The second-order valence-electron chi connectivity index (χ2n) is 4.56. The summed E-state index contributed by atoms with van der Waals surface area (Å²) < 4.78 is 7.22. The Hall–Kier alpha value is -2.20. The molecule has 0 saturated carbocycles. The van der Waals surface area contributed by atoms with E-state index in [2.05, 4.69) is 4.98 Å². The van der Waals surface area contributed by atoms with E-state index in [1.807, 2.05) is 47.9 Å². The molecule has 5 heteroatoms. The summed E-state index contributed by atoms with van der Waals surface area (Å²) in [5, 5.41) is 0.662. The number of nitrogens with zero attached hydrogens (tertiary/aromatic N) is 2. The van der Waals surface area contributed by atoms with E-state index in [9.17, 15) is 0 Å². The minimum absolute atomic E-state index is 0.412. The zero-order valence-corrected chi connectivity index (χ0v) is 12.0. The fourth-order valence-electron chi connectivity index (χ4n) is 2.33. The second kappa shape index (κ2) is 4.72. The maximum Gasteiger partial charge on any atom is 0.206 e. The van der Waals surface area contributed by atoms with E-state index >= 15 is 0 Å². The van der Waals surface area contributed by atoms with Gasteiger partial charge in [0.2, 0.25) is 5.95 Å². The first-order valence-electron chi connectivity index (χ1n) is 6.19. The highest BCUT2D eigenvalue weighted by molar-refractivity contribution is 6.30. The molecule has 3 rings (SSSR count). The van der Waals surface area contributed by atoms with Crippen LogP contribution in [-0.4, -0.2) is 16.7 Å². The predicted molar refractivity (Wildman–Crippen MR) is 81.8 cm³/mol. The van der Waals surface area contributed by atoms with Gasteiger partial charge in [-0.25, -0.2) is 4.98 Å². The molecule has 0 aliphatic rings. The molecule has 102 valence electrons. The lowest BCUT2D eigenvalue weighted by molar-refractivity contribution is 0.419. The normalized spacial score (nSPS) is 10.9. The van der Waals surface area contributed by atoms with Crippen LogP contribution in [0.4, 0.5) is 5.95 Å². The Morgan fingerprint density at radius 3 is 2.80 bits per heavy atom. The van der Waals surface area contributed by atoms with Crippen LogP contribution < -0.4 is 10.5 Å². The van der Waals surface area contributed by atoms with Gasteiger partial charge in [-0.3, -0.25) is 4.57 Å². The largest absolute Gasteiger partial charge is 0.494 e. The van der Waals surface area contributed by atoms with Gasteiger partial charge in [0.25, 0.3) is 0 Å². The fraction of sp³-hybridized carbons (Fsp3) is 0.133. The van der Waals surface area contributed by atoms with Crippen LogP contribution in [0, 0.1) is 6.92 Å². The SMILES string of the molecule is COc1cccc2c1nc(N)n2-c1cc(Cl)ccc1C. The van der Waals surface area contributed by atoms with Gasteiger partial charge >= 0.3 is 0 Å². The van der Waals surface area contributed by atoms with Crippen molar-refractivity contribution in [3.63, 3.8) is 0 Å². The van der Waals surface area contributed by atoms with Crippen LogP contribution in [0.2, 0.25) is 5.02 Å². The number of nitrogens with two attached hydrogens (primary N) is 1. The first kappa shape index (κ1) is 12.8. The number of ether oxygens (including phenoxy) is 1. The zero-order valence-electron chi connectivity index (χ0n) is 11.2. The second-order valence-corrected chi connectivity index (χ2v) is 5.00. The number of fused-ring (bicyclic) bond motifs is 1. The van der Waals surface area contributed by atoms with Crippen molar-refractivity contribution in [1.82, 2.24) is 9.55 Å². The van der Waals surface area contributed by atoms with Gasteiger partial charge < -0.3 is 10.5 Å². The molecule has 0 aliphatic heterocycles. The summed E-state index contributed by atoms with van der Waals surface area (Å²) in [5.74, 6) is 1.11. The Kier molecular flexibility index (Phi) is 3.03. The van der Waals surface area contributed by atoms with Crippen molar-refractivity contribution in [3.05, 3.63) is 47.0 Å². The molecular weight excluding hydrogens is 274 g/mol. The molecule has 0 fully saturated rings. The lowest BCUT2D eigenvalue weighted by Gasteiger charge is -2.10. The van der Waals surface area contributed by atoms with E-state index in [1.165, 1.54) is 0 Å². The van der Waals surface area contributed by atoms with Gasteiger partial charge in [0.15, 0.2) is 0 Å². The van der Waals surface area contributed by atoms with Gasteiger partial charge in [-0.2, -0.15) is 0 Å². The van der Waals surface area contributed by atoms with E-state index in [0.29, 0.717) is 16.7 Å². The smallest absolute Gasteiger partial charge is 0.206 e. The molecule has 2 aromatic carbocycles. The summed E-state index contributed by atoms with van der Waals surface area (Å²) in [6, 6.07) is 11.4. The maximum absolute atomic E-state index is 6.10. The third-order valence-electron chi connectivity index (χ3n) is 3.31. The molecule has 2 N–H and O–H groups in total. The average molecular weight is 288 g/mol. The van der Waals surface area contributed by atoms with Crippen LogP contribution in [0.25, 0.3) is 16.7 Å². The molecule has 20 heavy (non-hydrogen) atoms. The highest BCUT2D eigenvalue weighted by Crippen LogP contribution is 2.31. The summed E-state index contributed by atoms with van der Waals surface area (Å²) in [6.07, 6.45) is 0. The monoisotopic (exact) mass is 287 g/mol. The van der Waals surface area contributed by atoms with Crippen molar-refractivity contribution < 1.29 is 4.74 Å². The van der Waals surface area contributed by atoms with Crippen molar-refractivity contribution in [2.45, 2.75) is 6.92 Å². The first-order chi connectivity index (χ1) is 9.61. The van der Waals surface area contributed by atoms with Crippen molar-refractivity contribution in [2.75, 3.05) is 12.8 Å². The van der Waals surface area contributed by atoms with Gasteiger partial charge in [0.1, 0.15) is 11.3 Å². The summed E-state index contributed by atoms with van der Waals surface area (Å²) in [5.41, 5.74) is 9.71. The minimum atomic E-state index is 0.412. The quantitative estimate of drug-likeness (QED) is 0.784. The van der Waals surface area contributed by atoms with Gasteiger partial charge in [0, 0.05) is 5.02 Å². The van der Waals surface area contributed by atoms with Gasteiger partial charge in [-0.1, -0.05) is 23.7 Å². The van der Waals surface area contributed by atoms with Crippen molar-refractivity contribution in [3.8, 4) is 11.4 Å². The summed E-state index contributed by atoms with van der Waals surface area (Å²) in [7, 11) is 1.62. The molecule has 0 saturated heterocycles. The maximum atomic E-state index is 6.10. The summed E-state index contributed by atoms with van der Waals surface area (Å²) >= 11 is 6.10. The molecule has 0 amide bonds. The number of halogens is 1. The van der Waals surface area contributed by atoms with Crippen LogP contribution >= 0.6 is 11.6 Å². The van der Waals surface area contributed by atoms with E-state index in [4.69, 9.17) is 22.1 Å². The van der Waals surface area contributed by atoms with E-state index < -0.39 is 0 Å². The number of methoxy groups -OCH3 is 1. The standard InChI is InChI=1S/C15H14ClN3O/c1-9-6-7-10(16)8-12(9)19-11-4-3-5-13(20-2)14(11)18-15(19)17/h3-8H,1-2H3,(H2,17,18). The van der Waals surface area contributed by atoms with Gasteiger partial charge in [0.05, 0.1) is 18.3 Å². The van der Waals surface area contributed by atoms with Crippen LogP contribution in [0.3, 0.4) is 0 Å². The molecule has 0 aliphatic carbocycles. The highest BCUT2D eigenvalue weighted by atomic mass is 35.5. The molecule has 0 unspecified atom stereocenters. The van der Waals surface area contributed by atoms with E-state index in [-0.39, 0.29) is 0 Å². The number of rotatable bonds is 2. The number of anilines is 1. The number of para-hydroxylation sites is 1. The molecular formula is C15H14ClN3O. The predicted octanol–water partition coefficient (Wildman–Crippen LogP) is 3.58. The van der Waals surface area contributed by atoms with Crippen LogP contribution in [-0.2, 0) is 0 Å². The topological polar surface area (TPSA) is 53.1 Å².